The van der Waals surface area contributed by atoms with E-state index in [-0.39, 0.29) is 5.28 Å². The lowest BCUT2D eigenvalue weighted by Crippen LogP contribution is -1.97. The van der Waals surface area contributed by atoms with Gasteiger partial charge in [-0.15, -0.1) is 0 Å². The van der Waals surface area contributed by atoms with Crippen LogP contribution in [0, 0.1) is 0 Å². The topological polar surface area (TPSA) is 51.6 Å². The van der Waals surface area contributed by atoms with Crippen molar-refractivity contribution in [2.75, 3.05) is 0 Å². The summed E-state index contributed by atoms with van der Waals surface area (Å²) in [5.74, 6) is 1.10. The zero-order valence-corrected chi connectivity index (χ0v) is 12.8. The molecule has 110 valence electrons. The molecular weight excluding hydrogens is 308 g/mol. The maximum atomic E-state index is 6.09. The molecule has 0 atom stereocenters. The molecule has 2 heterocycles. The zero-order chi connectivity index (χ0) is 15.6. The summed E-state index contributed by atoms with van der Waals surface area (Å²) >= 11 is 6.09. The van der Waals surface area contributed by atoms with E-state index in [1.807, 2.05) is 30.3 Å². The van der Waals surface area contributed by atoms with E-state index < -0.39 is 0 Å². The molecule has 0 unspecified atom stereocenters. The first-order chi connectivity index (χ1) is 11.3. The van der Waals surface area contributed by atoms with Crippen molar-refractivity contribution in [3.63, 3.8) is 0 Å². The average molecular weight is 319 g/mol. The van der Waals surface area contributed by atoms with Crippen molar-refractivity contribution in [3.8, 4) is 22.8 Å². The molecule has 2 aromatic carbocycles. The van der Waals surface area contributed by atoms with Crippen LogP contribution < -0.4 is 0 Å². The summed E-state index contributed by atoms with van der Waals surface area (Å²) in [7, 11) is 0. The Hall–Kier alpha value is -2.85. The number of pyridine rings is 1. The van der Waals surface area contributed by atoms with Crippen molar-refractivity contribution in [2.45, 2.75) is 0 Å². The van der Waals surface area contributed by atoms with Crippen LogP contribution in [0.4, 0.5) is 0 Å². The summed E-state index contributed by atoms with van der Waals surface area (Å²) in [6, 6.07) is 17.9. The third-order valence-corrected chi connectivity index (χ3v) is 3.72. The van der Waals surface area contributed by atoms with Gasteiger partial charge in [-0.1, -0.05) is 36.4 Å². The molecule has 0 N–H and O–H groups in total. The number of hydrogen-bond donors (Lipinski definition) is 0. The number of aromatic nitrogens is 4. The first kappa shape index (κ1) is 13.8. The Morgan fingerprint density at radius 3 is 2.13 bits per heavy atom. The Bertz CT molecular complexity index is 986. The fourth-order valence-corrected chi connectivity index (χ4v) is 2.60. The SMILES string of the molecule is Clc1nc(-c2ccncc2)nc(-c2ccc3ccccc3c2)n1. The highest BCUT2D eigenvalue weighted by molar-refractivity contribution is 6.28. The smallest absolute Gasteiger partial charge is 0.226 e. The molecule has 0 aliphatic carbocycles. The van der Waals surface area contributed by atoms with Crippen LogP contribution in [-0.2, 0) is 0 Å². The molecule has 0 aliphatic rings. The van der Waals surface area contributed by atoms with E-state index in [0.717, 1.165) is 16.5 Å². The van der Waals surface area contributed by atoms with Crippen LogP contribution in [-0.4, -0.2) is 19.9 Å². The molecule has 0 bridgehead atoms. The van der Waals surface area contributed by atoms with Crippen molar-refractivity contribution in [1.82, 2.24) is 19.9 Å². The van der Waals surface area contributed by atoms with Crippen LogP contribution in [0.25, 0.3) is 33.5 Å². The van der Waals surface area contributed by atoms with Gasteiger partial charge < -0.3 is 0 Å². The van der Waals surface area contributed by atoms with Crippen molar-refractivity contribution in [2.24, 2.45) is 0 Å². The minimum atomic E-state index is 0.176. The van der Waals surface area contributed by atoms with E-state index >= 15 is 0 Å². The van der Waals surface area contributed by atoms with Crippen molar-refractivity contribution in [1.29, 1.82) is 0 Å². The molecule has 0 spiro atoms. The van der Waals surface area contributed by atoms with Crippen molar-refractivity contribution >= 4 is 22.4 Å². The second-order valence-corrected chi connectivity index (χ2v) is 5.39. The predicted octanol–water partition coefficient (Wildman–Crippen LogP) is 4.41. The van der Waals surface area contributed by atoms with E-state index in [1.54, 1.807) is 12.4 Å². The highest BCUT2D eigenvalue weighted by atomic mass is 35.5. The van der Waals surface area contributed by atoms with Crippen LogP contribution in [0.5, 0.6) is 0 Å². The lowest BCUT2D eigenvalue weighted by molar-refractivity contribution is 1.06. The molecule has 2 aromatic heterocycles. The number of nitrogens with zero attached hydrogens (tertiary/aromatic N) is 4. The van der Waals surface area contributed by atoms with Crippen LogP contribution in [0.1, 0.15) is 0 Å². The molecule has 0 aliphatic heterocycles. The molecule has 0 saturated heterocycles. The van der Waals surface area contributed by atoms with E-state index in [9.17, 15) is 0 Å². The second-order valence-electron chi connectivity index (χ2n) is 5.05. The van der Waals surface area contributed by atoms with Crippen LogP contribution >= 0.6 is 11.6 Å². The van der Waals surface area contributed by atoms with E-state index in [1.165, 1.54) is 5.39 Å². The summed E-state index contributed by atoms with van der Waals surface area (Å²) in [4.78, 5) is 17.0. The number of rotatable bonds is 2. The Morgan fingerprint density at radius 1 is 0.652 bits per heavy atom. The molecule has 4 rings (SSSR count). The summed E-state index contributed by atoms with van der Waals surface area (Å²) in [6.45, 7) is 0. The van der Waals surface area contributed by atoms with E-state index in [4.69, 9.17) is 11.6 Å². The quantitative estimate of drug-likeness (QED) is 0.549. The lowest BCUT2D eigenvalue weighted by Gasteiger charge is -2.06. The maximum absolute atomic E-state index is 6.09. The van der Waals surface area contributed by atoms with Gasteiger partial charge >= 0.3 is 0 Å². The van der Waals surface area contributed by atoms with Gasteiger partial charge in [-0.05, 0) is 40.6 Å². The number of benzene rings is 2. The Kier molecular flexibility index (Phi) is 3.44. The minimum absolute atomic E-state index is 0.176. The van der Waals surface area contributed by atoms with Crippen molar-refractivity contribution < 1.29 is 0 Å². The normalized spacial score (nSPS) is 10.8. The number of fused-ring (bicyclic) bond motifs is 1. The van der Waals surface area contributed by atoms with Crippen LogP contribution in [0.2, 0.25) is 5.28 Å². The highest BCUT2D eigenvalue weighted by Gasteiger charge is 2.09. The molecule has 0 radical (unpaired) electrons. The molecule has 0 saturated carbocycles. The maximum Gasteiger partial charge on any atom is 0.226 e. The van der Waals surface area contributed by atoms with E-state index in [2.05, 4.69) is 44.2 Å². The summed E-state index contributed by atoms with van der Waals surface area (Å²) in [5.41, 5.74) is 1.76. The average Bonchev–Trinajstić information content (AvgIpc) is 2.61. The largest absolute Gasteiger partial charge is 0.265 e. The van der Waals surface area contributed by atoms with Gasteiger partial charge in [0.2, 0.25) is 5.28 Å². The van der Waals surface area contributed by atoms with Gasteiger partial charge in [0.1, 0.15) is 0 Å². The van der Waals surface area contributed by atoms with Gasteiger partial charge in [0, 0.05) is 23.5 Å². The summed E-state index contributed by atoms with van der Waals surface area (Å²) in [6.07, 6.45) is 3.39. The highest BCUT2D eigenvalue weighted by Crippen LogP contribution is 2.24. The molecule has 4 aromatic rings. The van der Waals surface area contributed by atoms with E-state index in [0.29, 0.717) is 11.6 Å². The standard InChI is InChI=1S/C18H11ClN4/c19-18-22-16(13-7-9-20-10-8-13)21-17(23-18)15-6-5-12-3-1-2-4-14(12)11-15/h1-11H. The fraction of sp³-hybridized carbons (Fsp3) is 0. The molecule has 4 nitrogen and oxygen atoms in total. The third-order valence-electron chi connectivity index (χ3n) is 3.55. The Labute approximate surface area is 137 Å². The lowest BCUT2D eigenvalue weighted by atomic mass is 10.1. The first-order valence-electron chi connectivity index (χ1n) is 7.11. The van der Waals surface area contributed by atoms with Gasteiger partial charge in [-0.2, -0.15) is 9.97 Å². The minimum Gasteiger partial charge on any atom is -0.265 e. The Balaban J connectivity index is 1.86. The zero-order valence-electron chi connectivity index (χ0n) is 12.0. The van der Waals surface area contributed by atoms with Gasteiger partial charge in [0.25, 0.3) is 0 Å². The van der Waals surface area contributed by atoms with Gasteiger partial charge in [-0.3, -0.25) is 4.98 Å². The fourth-order valence-electron chi connectivity index (χ4n) is 2.44. The third kappa shape index (κ3) is 2.76. The number of halogens is 1. The van der Waals surface area contributed by atoms with Gasteiger partial charge in [0.05, 0.1) is 0 Å². The first-order valence-corrected chi connectivity index (χ1v) is 7.48. The molecule has 0 fully saturated rings. The van der Waals surface area contributed by atoms with Crippen molar-refractivity contribution in [3.05, 3.63) is 72.3 Å². The predicted molar refractivity (Wildman–Crippen MR) is 91.0 cm³/mol. The molecule has 5 heteroatoms. The molecule has 0 amide bonds. The van der Waals surface area contributed by atoms with Crippen LogP contribution in [0.15, 0.2) is 67.0 Å². The molecule has 23 heavy (non-hydrogen) atoms. The Morgan fingerprint density at radius 2 is 1.35 bits per heavy atom. The summed E-state index contributed by atoms with van der Waals surface area (Å²) < 4.78 is 0. The van der Waals surface area contributed by atoms with Gasteiger partial charge in [0.15, 0.2) is 11.6 Å². The number of hydrogen-bond acceptors (Lipinski definition) is 4. The summed E-state index contributed by atoms with van der Waals surface area (Å²) in [5, 5.41) is 2.48. The second kappa shape index (κ2) is 5.74. The van der Waals surface area contributed by atoms with Crippen LogP contribution in [0.3, 0.4) is 0 Å². The van der Waals surface area contributed by atoms with Gasteiger partial charge in [-0.25, -0.2) is 4.98 Å². The molecular formula is C18H11ClN4. The monoisotopic (exact) mass is 318 g/mol.